The van der Waals surface area contributed by atoms with Crippen molar-refractivity contribution in [1.82, 2.24) is 0 Å². The fourth-order valence-corrected chi connectivity index (χ4v) is 1.77. The second kappa shape index (κ2) is 3.40. The minimum absolute atomic E-state index is 0.684. The van der Waals surface area contributed by atoms with Gasteiger partial charge in [0, 0.05) is 0 Å². The summed E-state index contributed by atoms with van der Waals surface area (Å²) in [5.41, 5.74) is 1.53. The normalized spacial score (nSPS) is 15.2. The molecular weight excluding hydrogens is 212 g/mol. The molecule has 0 fully saturated rings. The molecule has 1 aliphatic rings. The number of hydrogen-bond acceptors (Lipinski definition) is 1. The lowest BCUT2D eigenvalue weighted by molar-refractivity contribution is -0.275. The molecule has 0 saturated heterocycles. The van der Waals surface area contributed by atoms with Gasteiger partial charge in [0.25, 0.3) is 0 Å². The Balaban J connectivity index is 2.33. The number of rotatable bonds is 1. The molecule has 1 nitrogen and oxygen atoms in total. The summed E-state index contributed by atoms with van der Waals surface area (Å²) in [4.78, 5) is 0. The van der Waals surface area contributed by atoms with Crippen LogP contribution in [0.5, 0.6) is 5.75 Å². The minimum atomic E-state index is -4.84. The van der Waals surface area contributed by atoms with Crippen LogP contribution >= 0.6 is 0 Å². The van der Waals surface area contributed by atoms with Gasteiger partial charge in [-0.25, -0.2) is 4.39 Å². The summed E-state index contributed by atoms with van der Waals surface area (Å²) in [6.45, 7) is 0. The van der Waals surface area contributed by atoms with Crippen LogP contribution in [0.3, 0.4) is 0 Å². The SMILES string of the molecule is Fc1cc2c(cc1OC(F)(F)F)CCC2. The van der Waals surface area contributed by atoms with Crippen LogP contribution in [0.1, 0.15) is 17.5 Å². The highest BCUT2D eigenvalue weighted by molar-refractivity contribution is 5.39. The Labute approximate surface area is 83.7 Å². The number of ether oxygens (including phenoxy) is 1. The van der Waals surface area contributed by atoms with Gasteiger partial charge in [0.2, 0.25) is 0 Å². The van der Waals surface area contributed by atoms with Gasteiger partial charge in [-0.15, -0.1) is 13.2 Å². The van der Waals surface area contributed by atoms with Crippen LogP contribution < -0.4 is 4.74 Å². The minimum Gasteiger partial charge on any atom is -0.403 e. The van der Waals surface area contributed by atoms with Gasteiger partial charge in [0.15, 0.2) is 11.6 Å². The van der Waals surface area contributed by atoms with E-state index < -0.39 is 17.9 Å². The van der Waals surface area contributed by atoms with E-state index in [0.29, 0.717) is 6.42 Å². The van der Waals surface area contributed by atoms with Crippen molar-refractivity contribution in [3.05, 3.63) is 29.1 Å². The Hall–Kier alpha value is -1.26. The van der Waals surface area contributed by atoms with Gasteiger partial charge in [-0.05, 0) is 42.5 Å². The van der Waals surface area contributed by atoms with Gasteiger partial charge < -0.3 is 4.74 Å². The summed E-state index contributed by atoms with van der Waals surface area (Å²) in [5, 5.41) is 0. The maximum absolute atomic E-state index is 13.2. The van der Waals surface area contributed by atoms with Gasteiger partial charge in [-0.2, -0.15) is 0 Å². The summed E-state index contributed by atoms with van der Waals surface area (Å²) >= 11 is 0. The van der Waals surface area contributed by atoms with Gasteiger partial charge in [0.05, 0.1) is 0 Å². The Morgan fingerprint density at radius 2 is 1.67 bits per heavy atom. The van der Waals surface area contributed by atoms with Crippen molar-refractivity contribution in [2.24, 2.45) is 0 Å². The van der Waals surface area contributed by atoms with Crippen molar-refractivity contribution in [3.63, 3.8) is 0 Å². The summed E-state index contributed by atoms with van der Waals surface area (Å²) in [6, 6.07) is 2.27. The molecule has 1 aliphatic carbocycles. The van der Waals surface area contributed by atoms with Crippen LogP contribution in [0.4, 0.5) is 17.6 Å². The van der Waals surface area contributed by atoms with E-state index in [0.717, 1.165) is 36.1 Å². The van der Waals surface area contributed by atoms with Gasteiger partial charge in [0.1, 0.15) is 0 Å². The van der Waals surface area contributed by atoms with Crippen LogP contribution in [-0.4, -0.2) is 6.36 Å². The average Bonchev–Trinajstić information content (AvgIpc) is 2.49. The second-order valence-electron chi connectivity index (χ2n) is 3.45. The highest BCUT2D eigenvalue weighted by Crippen LogP contribution is 2.31. The zero-order chi connectivity index (χ0) is 11.1. The number of aryl methyl sites for hydroxylation is 2. The molecule has 2 rings (SSSR count). The number of hydrogen-bond donors (Lipinski definition) is 0. The molecule has 0 aliphatic heterocycles. The first-order valence-corrected chi connectivity index (χ1v) is 4.53. The molecule has 0 bridgehead atoms. The standard InChI is InChI=1S/C10H8F4O/c11-8-4-6-2-1-3-7(6)5-9(8)15-10(12,13)14/h4-5H,1-3H2. The van der Waals surface area contributed by atoms with Crippen LogP contribution in [0.25, 0.3) is 0 Å². The zero-order valence-corrected chi connectivity index (χ0v) is 7.70. The number of benzene rings is 1. The van der Waals surface area contributed by atoms with Crippen LogP contribution in [0.15, 0.2) is 12.1 Å². The first-order chi connectivity index (χ1) is 6.96. The summed E-state index contributed by atoms with van der Waals surface area (Å²) in [6.07, 6.45) is -2.58. The number of fused-ring (bicyclic) bond motifs is 1. The molecule has 5 heteroatoms. The van der Waals surface area contributed by atoms with Crippen molar-refractivity contribution in [2.45, 2.75) is 25.6 Å². The van der Waals surface area contributed by atoms with Crippen molar-refractivity contribution >= 4 is 0 Å². The summed E-state index contributed by atoms with van der Waals surface area (Å²) < 4.78 is 52.4. The van der Waals surface area contributed by atoms with E-state index in [9.17, 15) is 17.6 Å². The second-order valence-corrected chi connectivity index (χ2v) is 3.45. The molecule has 1 aromatic carbocycles. The molecule has 0 heterocycles. The maximum Gasteiger partial charge on any atom is 0.573 e. The van der Waals surface area contributed by atoms with E-state index in [-0.39, 0.29) is 0 Å². The van der Waals surface area contributed by atoms with E-state index in [1.54, 1.807) is 0 Å². The Kier molecular flexibility index (Phi) is 2.32. The lowest BCUT2D eigenvalue weighted by atomic mass is 10.1. The molecule has 0 radical (unpaired) electrons. The number of alkyl halides is 3. The van der Waals surface area contributed by atoms with Crippen molar-refractivity contribution in [1.29, 1.82) is 0 Å². The lowest BCUT2D eigenvalue weighted by Crippen LogP contribution is -2.18. The highest BCUT2D eigenvalue weighted by atomic mass is 19.4. The van der Waals surface area contributed by atoms with E-state index in [1.807, 2.05) is 0 Å². The Morgan fingerprint density at radius 3 is 2.27 bits per heavy atom. The fraction of sp³-hybridized carbons (Fsp3) is 0.400. The zero-order valence-electron chi connectivity index (χ0n) is 7.70. The molecule has 0 unspecified atom stereocenters. The molecule has 0 atom stereocenters. The lowest BCUT2D eigenvalue weighted by Gasteiger charge is -2.11. The monoisotopic (exact) mass is 220 g/mol. The molecule has 0 spiro atoms. The van der Waals surface area contributed by atoms with Gasteiger partial charge >= 0.3 is 6.36 Å². The molecule has 1 aromatic rings. The predicted molar refractivity (Wildman–Crippen MR) is 45.1 cm³/mol. The quantitative estimate of drug-likeness (QED) is 0.660. The molecule has 0 saturated carbocycles. The average molecular weight is 220 g/mol. The highest BCUT2D eigenvalue weighted by Gasteiger charge is 2.33. The molecule has 0 N–H and O–H groups in total. The van der Waals surface area contributed by atoms with Crippen molar-refractivity contribution < 1.29 is 22.3 Å². The first kappa shape index (κ1) is 10.3. The largest absolute Gasteiger partial charge is 0.573 e. The summed E-state index contributed by atoms with van der Waals surface area (Å²) in [7, 11) is 0. The van der Waals surface area contributed by atoms with E-state index in [1.165, 1.54) is 0 Å². The van der Waals surface area contributed by atoms with Gasteiger partial charge in [-0.3, -0.25) is 0 Å². The number of halogens is 4. The molecule has 0 aromatic heterocycles. The molecule has 0 amide bonds. The fourth-order valence-electron chi connectivity index (χ4n) is 1.77. The maximum atomic E-state index is 13.2. The third-order valence-electron chi connectivity index (χ3n) is 2.37. The third kappa shape index (κ3) is 2.22. The van der Waals surface area contributed by atoms with E-state index in [2.05, 4.69) is 4.74 Å². The van der Waals surface area contributed by atoms with Crippen LogP contribution in [0, 0.1) is 5.82 Å². The smallest absolute Gasteiger partial charge is 0.403 e. The van der Waals surface area contributed by atoms with Crippen molar-refractivity contribution in [2.75, 3.05) is 0 Å². The topological polar surface area (TPSA) is 9.23 Å². The third-order valence-corrected chi connectivity index (χ3v) is 2.37. The molecular formula is C10H8F4O. The predicted octanol–water partition coefficient (Wildman–Crippen LogP) is 3.21. The molecule has 82 valence electrons. The van der Waals surface area contributed by atoms with Crippen molar-refractivity contribution in [3.8, 4) is 5.75 Å². The first-order valence-electron chi connectivity index (χ1n) is 4.53. The molecule has 15 heavy (non-hydrogen) atoms. The Bertz CT molecular complexity index is 384. The van der Waals surface area contributed by atoms with Gasteiger partial charge in [-0.1, -0.05) is 0 Å². The van der Waals surface area contributed by atoms with Crippen LogP contribution in [0.2, 0.25) is 0 Å². The Morgan fingerprint density at radius 1 is 1.07 bits per heavy atom. The summed E-state index contributed by atoms with van der Waals surface area (Å²) in [5.74, 6) is -1.68. The van der Waals surface area contributed by atoms with E-state index >= 15 is 0 Å². The van der Waals surface area contributed by atoms with E-state index in [4.69, 9.17) is 0 Å². The van der Waals surface area contributed by atoms with Crippen LogP contribution in [-0.2, 0) is 12.8 Å².